The topological polar surface area (TPSA) is 70.7 Å². The minimum Gasteiger partial charge on any atom is -0.383 e. The average Bonchev–Trinajstić information content (AvgIpc) is 2.65. The van der Waals surface area contributed by atoms with Crippen LogP contribution in [0.5, 0.6) is 0 Å². The largest absolute Gasteiger partial charge is 0.431 e. The Hall–Kier alpha value is -3.16. The first-order chi connectivity index (χ1) is 12.9. The lowest BCUT2D eigenvalue weighted by molar-refractivity contribution is -0.141. The summed E-state index contributed by atoms with van der Waals surface area (Å²) in [4.78, 5) is 24.3. The van der Waals surface area contributed by atoms with Crippen molar-refractivity contribution < 1.29 is 13.2 Å². The van der Waals surface area contributed by atoms with E-state index in [1.807, 2.05) is 12.1 Å². The maximum Gasteiger partial charge on any atom is 0.431 e. The van der Waals surface area contributed by atoms with Crippen LogP contribution in [0.25, 0.3) is 33.0 Å². The molecule has 5 nitrogen and oxygen atoms in total. The van der Waals surface area contributed by atoms with Gasteiger partial charge in [0.1, 0.15) is 11.2 Å². The SMILES string of the molecule is O=c1cc(C(F)(F)F)[nH]c2c3c(c4nc5ccccc5nc4c12)CCCN3. The first kappa shape index (κ1) is 16.0. The first-order valence-electron chi connectivity index (χ1n) is 8.53. The lowest BCUT2D eigenvalue weighted by Crippen LogP contribution is -2.19. The van der Waals surface area contributed by atoms with Gasteiger partial charge in [-0.15, -0.1) is 0 Å². The fourth-order valence-electron chi connectivity index (χ4n) is 3.71. The van der Waals surface area contributed by atoms with E-state index >= 15 is 0 Å². The molecule has 0 bridgehead atoms. The van der Waals surface area contributed by atoms with Gasteiger partial charge >= 0.3 is 6.18 Å². The zero-order valence-corrected chi connectivity index (χ0v) is 13.9. The summed E-state index contributed by atoms with van der Waals surface area (Å²) >= 11 is 0. The molecule has 0 aliphatic carbocycles. The van der Waals surface area contributed by atoms with Crippen molar-refractivity contribution in [1.29, 1.82) is 0 Å². The van der Waals surface area contributed by atoms with E-state index in [2.05, 4.69) is 20.3 Å². The van der Waals surface area contributed by atoms with Gasteiger partial charge < -0.3 is 10.3 Å². The Balaban J connectivity index is 2.03. The zero-order chi connectivity index (χ0) is 18.8. The summed E-state index contributed by atoms with van der Waals surface area (Å²) in [6, 6.07) is 7.83. The third-order valence-electron chi connectivity index (χ3n) is 4.89. The fraction of sp³-hybridized carbons (Fsp3) is 0.211. The van der Waals surface area contributed by atoms with Gasteiger partial charge in [0, 0.05) is 18.2 Å². The predicted octanol–water partition coefficient (Wildman–Crippen LogP) is 4.00. The molecule has 0 amide bonds. The molecular formula is C19H13F3N4O. The molecule has 1 aliphatic rings. The quantitative estimate of drug-likeness (QED) is 0.363. The third kappa shape index (κ3) is 2.36. The van der Waals surface area contributed by atoms with Gasteiger partial charge in [0.25, 0.3) is 0 Å². The van der Waals surface area contributed by atoms with Gasteiger partial charge in [0.2, 0.25) is 0 Å². The number of H-pyrrole nitrogens is 1. The Morgan fingerprint density at radius 1 is 1.04 bits per heavy atom. The second-order valence-electron chi connectivity index (χ2n) is 6.59. The summed E-state index contributed by atoms with van der Waals surface area (Å²) in [7, 11) is 0. The molecule has 0 spiro atoms. The van der Waals surface area contributed by atoms with Gasteiger partial charge in [-0.3, -0.25) is 4.79 Å². The molecule has 1 aliphatic heterocycles. The van der Waals surface area contributed by atoms with Crippen LogP contribution in [-0.4, -0.2) is 21.5 Å². The summed E-state index contributed by atoms with van der Waals surface area (Å²) in [5, 5.41) is 3.28. The smallest absolute Gasteiger partial charge is 0.383 e. The summed E-state index contributed by atoms with van der Waals surface area (Å²) in [6.07, 6.45) is -3.16. The minimum atomic E-state index is -4.64. The highest BCUT2D eigenvalue weighted by Gasteiger charge is 2.33. The molecule has 5 rings (SSSR count). The van der Waals surface area contributed by atoms with E-state index in [9.17, 15) is 18.0 Å². The van der Waals surface area contributed by atoms with Crippen LogP contribution in [-0.2, 0) is 12.6 Å². The van der Waals surface area contributed by atoms with Crippen molar-refractivity contribution in [2.45, 2.75) is 19.0 Å². The summed E-state index contributed by atoms with van der Waals surface area (Å²) in [6.45, 7) is 0.618. The molecule has 2 aromatic carbocycles. The molecule has 3 heterocycles. The Labute approximate surface area is 150 Å². The number of para-hydroxylation sites is 2. The number of nitrogens with one attached hydrogen (secondary N) is 2. The molecule has 0 saturated carbocycles. The van der Waals surface area contributed by atoms with Crippen LogP contribution >= 0.6 is 0 Å². The van der Waals surface area contributed by atoms with Crippen LogP contribution in [0.4, 0.5) is 18.9 Å². The first-order valence-corrected chi connectivity index (χ1v) is 8.53. The monoisotopic (exact) mass is 370 g/mol. The standard InChI is InChI=1S/C19H13F3N4O/c20-19(21,22)13-8-12(27)14-17(26-13)15-9(4-3-7-23-15)16-18(14)25-11-6-2-1-5-10(11)24-16/h1-2,5-6,8,23H,3-4,7H2,(H,26,27). The van der Waals surface area contributed by atoms with Crippen molar-refractivity contribution >= 4 is 38.7 Å². The highest BCUT2D eigenvalue weighted by Crippen LogP contribution is 2.37. The number of anilines is 1. The molecule has 136 valence electrons. The van der Waals surface area contributed by atoms with Gasteiger partial charge in [-0.2, -0.15) is 13.2 Å². The number of rotatable bonds is 0. The molecule has 2 N–H and O–H groups in total. The van der Waals surface area contributed by atoms with E-state index in [1.165, 1.54) is 0 Å². The van der Waals surface area contributed by atoms with Crippen molar-refractivity contribution in [3.05, 3.63) is 51.8 Å². The summed E-state index contributed by atoms with van der Waals surface area (Å²) in [5.41, 5.74) is 1.82. The van der Waals surface area contributed by atoms with E-state index < -0.39 is 17.3 Å². The van der Waals surface area contributed by atoms with E-state index in [4.69, 9.17) is 0 Å². The minimum absolute atomic E-state index is 0.129. The molecule has 0 atom stereocenters. The van der Waals surface area contributed by atoms with Crippen LogP contribution in [0.1, 0.15) is 17.7 Å². The van der Waals surface area contributed by atoms with Gasteiger partial charge in [0.05, 0.1) is 33.1 Å². The van der Waals surface area contributed by atoms with Crippen LogP contribution in [0.15, 0.2) is 35.1 Å². The second-order valence-corrected chi connectivity index (χ2v) is 6.59. The highest BCUT2D eigenvalue weighted by molar-refractivity contribution is 6.12. The number of benzene rings is 2. The normalized spacial score (nSPS) is 14.5. The summed E-state index contributed by atoms with van der Waals surface area (Å²) in [5.74, 6) is 0. The Kier molecular flexibility index (Phi) is 3.22. The van der Waals surface area contributed by atoms with E-state index in [-0.39, 0.29) is 10.9 Å². The van der Waals surface area contributed by atoms with Gasteiger partial charge in [0.15, 0.2) is 5.43 Å². The number of nitrogens with zero attached hydrogens (tertiary/aromatic N) is 2. The molecular weight excluding hydrogens is 357 g/mol. The number of halogens is 3. The van der Waals surface area contributed by atoms with E-state index in [0.717, 1.165) is 12.0 Å². The Morgan fingerprint density at radius 2 is 1.74 bits per heavy atom. The Morgan fingerprint density at radius 3 is 2.44 bits per heavy atom. The zero-order valence-electron chi connectivity index (χ0n) is 13.9. The van der Waals surface area contributed by atoms with Crippen molar-refractivity contribution in [1.82, 2.24) is 15.0 Å². The maximum atomic E-state index is 13.2. The maximum absolute atomic E-state index is 13.2. The number of aromatic amines is 1. The van der Waals surface area contributed by atoms with Crippen molar-refractivity contribution in [3.63, 3.8) is 0 Å². The van der Waals surface area contributed by atoms with Gasteiger partial charge in [-0.05, 0) is 25.0 Å². The van der Waals surface area contributed by atoms with Crippen molar-refractivity contribution in [2.75, 3.05) is 11.9 Å². The van der Waals surface area contributed by atoms with Crippen LogP contribution in [0, 0.1) is 0 Å². The summed E-state index contributed by atoms with van der Waals surface area (Å²) < 4.78 is 39.7. The number of alkyl halides is 3. The van der Waals surface area contributed by atoms with Crippen LogP contribution in [0.2, 0.25) is 0 Å². The molecule has 27 heavy (non-hydrogen) atoms. The molecule has 0 fully saturated rings. The van der Waals surface area contributed by atoms with Gasteiger partial charge in [-0.25, -0.2) is 9.97 Å². The van der Waals surface area contributed by atoms with Crippen LogP contribution < -0.4 is 10.7 Å². The Bertz CT molecular complexity index is 1290. The van der Waals surface area contributed by atoms with E-state index in [0.29, 0.717) is 46.8 Å². The number of aromatic nitrogens is 3. The molecule has 0 saturated heterocycles. The second kappa shape index (κ2) is 5.42. The number of fused-ring (bicyclic) bond motifs is 7. The van der Waals surface area contributed by atoms with E-state index in [1.54, 1.807) is 12.1 Å². The average molecular weight is 370 g/mol. The lowest BCUT2D eigenvalue weighted by Gasteiger charge is -2.22. The van der Waals surface area contributed by atoms with Crippen molar-refractivity contribution in [3.8, 4) is 0 Å². The fourth-order valence-corrected chi connectivity index (χ4v) is 3.71. The number of hydrogen-bond donors (Lipinski definition) is 2. The molecule has 4 aromatic rings. The third-order valence-corrected chi connectivity index (χ3v) is 4.89. The number of hydrogen-bond acceptors (Lipinski definition) is 4. The predicted molar refractivity (Wildman–Crippen MR) is 97.0 cm³/mol. The molecule has 0 unspecified atom stereocenters. The molecule has 8 heteroatoms. The van der Waals surface area contributed by atoms with Crippen LogP contribution in [0.3, 0.4) is 0 Å². The highest BCUT2D eigenvalue weighted by atomic mass is 19.4. The molecule has 2 aromatic heterocycles. The molecule has 0 radical (unpaired) electrons. The number of aryl methyl sites for hydroxylation is 1. The van der Waals surface area contributed by atoms with Crippen molar-refractivity contribution in [2.24, 2.45) is 0 Å². The number of pyridine rings is 1. The van der Waals surface area contributed by atoms with Gasteiger partial charge in [-0.1, -0.05) is 12.1 Å². The lowest BCUT2D eigenvalue weighted by atomic mass is 9.97.